The van der Waals surface area contributed by atoms with Crippen LogP contribution < -0.4 is 0 Å². The quantitative estimate of drug-likeness (QED) is 0.353. The molecule has 2 heteroatoms. The van der Waals surface area contributed by atoms with Crippen LogP contribution in [0, 0.1) is 5.41 Å². The first-order valence-electron chi connectivity index (χ1n) is 5.78. The molecule has 1 atom stereocenters. The minimum atomic E-state index is 0.278. The highest BCUT2D eigenvalue weighted by molar-refractivity contribution is 4.59. The Labute approximate surface area is 88.9 Å². The van der Waals surface area contributed by atoms with Gasteiger partial charge in [0.1, 0.15) is 0 Å². The van der Waals surface area contributed by atoms with Gasteiger partial charge in [0.05, 0.1) is 12.7 Å². The van der Waals surface area contributed by atoms with E-state index < -0.39 is 0 Å². The molecule has 0 aromatic heterocycles. The standard InChI is InChI=1S/C12H26O2/c1-6-8-11(7-2)14-13-10-9-12(3,4)5/h11H,6-10H2,1-5H3. The molecule has 0 rings (SSSR count). The topological polar surface area (TPSA) is 18.5 Å². The van der Waals surface area contributed by atoms with Crippen molar-refractivity contribution in [1.82, 2.24) is 0 Å². The molecular formula is C12H26O2. The van der Waals surface area contributed by atoms with Gasteiger partial charge in [0.2, 0.25) is 0 Å². The Morgan fingerprint density at radius 2 is 1.79 bits per heavy atom. The Bertz CT molecular complexity index is 127. The molecule has 14 heavy (non-hydrogen) atoms. The maximum atomic E-state index is 5.33. The van der Waals surface area contributed by atoms with Crippen LogP contribution in [0.1, 0.15) is 60.3 Å². The third kappa shape index (κ3) is 8.52. The van der Waals surface area contributed by atoms with Crippen LogP contribution in [0.3, 0.4) is 0 Å². The smallest absolute Gasteiger partial charge is 0.0927 e. The fourth-order valence-electron chi connectivity index (χ4n) is 1.13. The van der Waals surface area contributed by atoms with Crippen LogP contribution in [-0.2, 0) is 9.78 Å². The second-order valence-corrected chi connectivity index (χ2v) is 5.05. The van der Waals surface area contributed by atoms with Crippen LogP contribution in [0.5, 0.6) is 0 Å². The largest absolute Gasteiger partial charge is 0.236 e. The van der Waals surface area contributed by atoms with E-state index in [1.54, 1.807) is 0 Å². The van der Waals surface area contributed by atoms with Crippen molar-refractivity contribution in [3.63, 3.8) is 0 Å². The zero-order valence-corrected chi connectivity index (χ0v) is 10.4. The molecule has 0 aromatic carbocycles. The molecule has 0 saturated heterocycles. The summed E-state index contributed by atoms with van der Waals surface area (Å²) in [4.78, 5) is 10.5. The number of rotatable bonds is 7. The van der Waals surface area contributed by atoms with Gasteiger partial charge in [-0.3, -0.25) is 0 Å². The van der Waals surface area contributed by atoms with Gasteiger partial charge in [-0.2, -0.15) is 0 Å². The van der Waals surface area contributed by atoms with Crippen molar-refractivity contribution in [2.75, 3.05) is 6.61 Å². The van der Waals surface area contributed by atoms with Gasteiger partial charge in [0, 0.05) is 0 Å². The molecule has 2 nitrogen and oxygen atoms in total. The van der Waals surface area contributed by atoms with E-state index in [0.717, 1.165) is 25.7 Å². The SMILES string of the molecule is CCCC(CC)OOCCC(C)(C)C. The summed E-state index contributed by atoms with van der Waals surface area (Å²) in [6.45, 7) is 11.6. The van der Waals surface area contributed by atoms with E-state index in [9.17, 15) is 0 Å². The van der Waals surface area contributed by atoms with Crippen molar-refractivity contribution in [3.8, 4) is 0 Å². The summed E-state index contributed by atoms with van der Waals surface area (Å²) in [7, 11) is 0. The first-order valence-corrected chi connectivity index (χ1v) is 5.78. The van der Waals surface area contributed by atoms with Crippen molar-refractivity contribution in [2.24, 2.45) is 5.41 Å². The maximum Gasteiger partial charge on any atom is 0.0927 e. The van der Waals surface area contributed by atoms with E-state index in [4.69, 9.17) is 9.78 Å². The van der Waals surface area contributed by atoms with Crippen LogP contribution >= 0.6 is 0 Å². The molecule has 0 amide bonds. The minimum Gasteiger partial charge on any atom is -0.236 e. The van der Waals surface area contributed by atoms with E-state index in [-0.39, 0.29) is 6.10 Å². The second kappa shape index (κ2) is 7.24. The Morgan fingerprint density at radius 3 is 2.21 bits per heavy atom. The Kier molecular flexibility index (Phi) is 7.20. The molecule has 86 valence electrons. The predicted octanol–water partition coefficient (Wildman–Crippen LogP) is 3.95. The Morgan fingerprint density at radius 1 is 1.14 bits per heavy atom. The molecule has 0 aromatic rings. The summed E-state index contributed by atoms with van der Waals surface area (Å²) >= 11 is 0. The van der Waals surface area contributed by atoms with Gasteiger partial charge in [0.15, 0.2) is 0 Å². The maximum absolute atomic E-state index is 5.33. The Hall–Kier alpha value is -0.0800. The van der Waals surface area contributed by atoms with E-state index in [2.05, 4.69) is 34.6 Å². The summed E-state index contributed by atoms with van der Waals surface area (Å²) in [6, 6.07) is 0. The van der Waals surface area contributed by atoms with Crippen molar-refractivity contribution < 1.29 is 9.78 Å². The minimum absolute atomic E-state index is 0.278. The molecule has 0 spiro atoms. The summed E-state index contributed by atoms with van der Waals surface area (Å²) < 4.78 is 0. The lowest BCUT2D eigenvalue weighted by molar-refractivity contribution is -0.327. The fraction of sp³-hybridized carbons (Fsp3) is 1.00. The molecule has 0 aliphatic rings. The molecule has 0 aliphatic carbocycles. The molecule has 0 aliphatic heterocycles. The van der Waals surface area contributed by atoms with E-state index >= 15 is 0 Å². The molecular weight excluding hydrogens is 176 g/mol. The molecule has 0 bridgehead atoms. The van der Waals surface area contributed by atoms with Crippen molar-refractivity contribution in [2.45, 2.75) is 66.4 Å². The third-order valence-electron chi connectivity index (χ3n) is 2.21. The summed E-state index contributed by atoms with van der Waals surface area (Å²) in [5.74, 6) is 0. The van der Waals surface area contributed by atoms with Crippen molar-refractivity contribution in [3.05, 3.63) is 0 Å². The normalized spacial score (nSPS) is 14.4. The van der Waals surface area contributed by atoms with Gasteiger partial charge in [0.25, 0.3) is 0 Å². The zero-order valence-electron chi connectivity index (χ0n) is 10.4. The molecule has 0 N–H and O–H groups in total. The number of hydrogen-bond acceptors (Lipinski definition) is 2. The highest BCUT2D eigenvalue weighted by Gasteiger charge is 2.11. The molecule has 0 saturated carbocycles. The van der Waals surface area contributed by atoms with Gasteiger partial charge in [-0.1, -0.05) is 41.0 Å². The Balaban J connectivity index is 3.42. The molecule has 1 unspecified atom stereocenters. The van der Waals surface area contributed by atoms with Crippen LogP contribution in [0.2, 0.25) is 0 Å². The van der Waals surface area contributed by atoms with Crippen LogP contribution in [0.25, 0.3) is 0 Å². The van der Waals surface area contributed by atoms with Gasteiger partial charge < -0.3 is 0 Å². The average Bonchev–Trinajstić information content (AvgIpc) is 2.08. The van der Waals surface area contributed by atoms with Crippen molar-refractivity contribution >= 4 is 0 Å². The fourth-order valence-corrected chi connectivity index (χ4v) is 1.13. The highest BCUT2D eigenvalue weighted by Crippen LogP contribution is 2.18. The van der Waals surface area contributed by atoms with E-state index in [1.807, 2.05) is 0 Å². The average molecular weight is 202 g/mol. The molecule has 0 fully saturated rings. The first-order chi connectivity index (χ1) is 6.49. The predicted molar refractivity (Wildman–Crippen MR) is 60.1 cm³/mol. The lowest BCUT2D eigenvalue weighted by Crippen LogP contribution is -2.15. The first kappa shape index (κ1) is 13.9. The van der Waals surface area contributed by atoms with Crippen LogP contribution in [0.4, 0.5) is 0 Å². The van der Waals surface area contributed by atoms with Gasteiger partial charge in [-0.15, -0.1) is 0 Å². The van der Waals surface area contributed by atoms with Crippen LogP contribution in [0.15, 0.2) is 0 Å². The monoisotopic (exact) mass is 202 g/mol. The lowest BCUT2D eigenvalue weighted by Gasteiger charge is -2.19. The lowest BCUT2D eigenvalue weighted by atomic mass is 9.93. The summed E-state index contributed by atoms with van der Waals surface area (Å²) in [5, 5.41) is 0. The highest BCUT2D eigenvalue weighted by atomic mass is 17.2. The summed E-state index contributed by atoms with van der Waals surface area (Å²) in [5.41, 5.74) is 0.329. The second-order valence-electron chi connectivity index (χ2n) is 5.05. The van der Waals surface area contributed by atoms with Gasteiger partial charge >= 0.3 is 0 Å². The van der Waals surface area contributed by atoms with E-state index in [1.165, 1.54) is 0 Å². The van der Waals surface area contributed by atoms with Crippen LogP contribution in [-0.4, -0.2) is 12.7 Å². The van der Waals surface area contributed by atoms with Crippen molar-refractivity contribution in [1.29, 1.82) is 0 Å². The zero-order chi connectivity index (χ0) is 11.0. The number of hydrogen-bond donors (Lipinski definition) is 0. The van der Waals surface area contributed by atoms with Gasteiger partial charge in [-0.25, -0.2) is 9.78 Å². The van der Waals surface area contributed by atoms with E-state index in [0.29, 0.717) is 12.0 Å². The molecule has 0 radical (unpaired) electrons. The third-order valence-corrected chi connectivity index (χ3v) is 2.21. The summed E-state index contributed by atoms with van der Waals surface area (Å²) in [6.07, 6.45) is 4.59. The molecule has 0 heterocycles. The van der Waals surface area contributed by atoms with Gasteiger partial charge in [-0.05, 0) is 24.7 Å².